The monoisotopic (exact) mass is 437 g/mol. The van der Waals surface area contributed by atoms with Crippen LogP contribution in [0.15, 0.2) is 92.6 Å². The van der Waals surface area contributed by atoms with Gasteiger partial charge in [-0.3, -0.25) is 15.4 Å². The molecule has 0 atom stereocenters. The van der Waals surface area contributed by atoms with Gasteiger partial charge in [-0.15, -0.1) is 0 Å². The summed E-state index contributed by atoms with van der Waals surface area (Å²) in [6, 6.07) is 13.4. The van der Waals surface area contributed by atoms with Gasteiger partial charge in [0.2, 0.25) is 0 Å². The van der Waals surface area contributed by atoms with Gasteiger partial charge in [0.15, 0.2) is 0 Å². The molecule has 0 radical (unpaired) electrons. The Bertz CT molecular complexity index is 1100. The standard InChI is InChI=1S/C24H22F3N5/c1-16(30-31-17(2)24(26)27)19-9-10-22(29-14-19)15-32(23-8-4-7-21(25)12-23)18(3)20-6-5-11-28-13-20/h4-14,24,30-31H,1-3,15H2. The maximum atomic E-state index is 13.9. The van der Waals surface area contributed by atoms with E-state index in [2.05, 4.69) is 40.6 Å². The van der Waals surface area contributed by atoms with Crippen molar-refractivity contribution in [2.45, 2.75) is 13.0 Å². The molecule has 0 aliphatic carbocycles. The normalized spacial score (nSPS) is 10.5. The lowest BCUT2D eigenvalue weighted by Gasteiger charge is -2.27. The molecule has 5 nitrogen and oxygen atoms in total. The Hall–Kier alpha value is -4.07. The molecule has 2 N–H and O–H groups in total. The summed E-state index contributed by atoms with van der Waals surface area (Å²) in [5.41, 5.74) is 8.09. The number of pyridine rings is 2. The molecule has 0 spiro atoms. The Kier molecular flexibility index (Phi) is 7.28. The van der Waals surface area contributed by atoms with E-state index in [0.29, 0.717) is 34.9 Å². The number of nitrogens with zero attached hydrogens (tertiary/aromatic N) is 3. The van der Waals surface area contributed by atoms with Gasteiger partial charge >= 0.3 is 0 Å². The van der Waals surface area contributed by atoms with E-state index in [9.17, 15) is 13.2 Å². The van der Waals surface area contributed by atoms with E-state index < -0.39 is 12.1 Å². The average Bonchev–Trinajstić information content (AvgIpc) is 2.81. The van der Waals surface area contributed by atoms with E-state index >= 15 is 0 Å². The number of nitrogens with one attached hydrogen (secondary N) is 2. The number of anilines is 1. The lowest BCUT2D eigenvalue weighted by molar-refractivity contribution is 0.179. The van der Waals surface area contributed by atoms with Gasteiger partial charge in [-0.05, 0) is 42.5 Å². The van der Waals surface area contributed by atoms with Crippen molar-refractivity contribution in [3.63, 3.8) is 0 Å². The predicted octanol–water partition coefficient (Wildman–Crippen LogP) is 5.14. The van der Waals surface area contributed by atoms with Gasteiger partial charge in [0, 0.05) is 41.1 Å². The second kappa shape index (κ2) is 10.3. The van der Waals surface area contributed by atoms with Gasteiger partial charge in [-0.2, -0.15) is 0 Å². The number of hydrogen-bond acceptors (Lipinski definition) is 5. The highest BCUT2D eigenvalue weighted by molar-refractivity contribution is 5.77. The predicted molar refractivity (Wildman–Crippen MR) is 121 cm³/mol. The highest BCUT2D eigenvalue weighted by Gasteiger charge is 2.15. The molecule has 0 saturated carbocycles. The number of allylic oxidation sites excluding steroid dienone is 1. The Morgan fingerprint density at radius 2 is 1.78 bits per heavy atom. The SMILES string of the molecule is C=C(NNC(=C)C(F)F)c1ccc(CN(C(=C)c2cccnc2)c2cccc(F)c2)nc1. The van der Waals surface area contributed by atoms with Crippen molar-refractivity contribution in [1.82, 2.24) is 20.8 Å². The molecule has 0 fully saturated rings. The van der Waals surface area contributed by atoms with Crippen LogP contribution in [0.2, 0.25) is 0 Å². The number of hydrazine groups is 1. The molecule has 3 aromatic rings. The van der Waals surface area contributed by atoms with Crippen LogP contribution in [-0.2, 0) is 6.54 Å². The zero-order chi connectivity index (χ0) is 23.1. The van der Waals surface area contributed by atoms with Gasteiger partial charge in [0.1, 0.15) is 5.82 Å². The Morgan fingerprint density at radius 1 is 0.969 bits per heavy atom. The van der Waals surface area contributed by atoms with Crippen molar-refractivity contribution in [1.29, 1.82) is 0 Å². The highest BCUT2D eigenvalue weighted by Crippen LogP contribution is 2.27. The summed E-state index contributed by atoms with van der Waals surface area (Å²) in [7, 11) is 0. The first-order valence-corrected chi connectivity index (χ1v) is 9.60. The van der Waals surface area contributed by atoms with E-state index in [1.165, 1.54) is 12.1 Å². The van der Waals surface area contributed by atoms with Crippen molar-refractivity contribution in [3.8, 4) is 0 Å². The van der Waals surface area contributed by atoms with E-state index in [4.69, 9.17) is 0 Å². The maximum Gasteiger partial charge on any atom is 0.279 e. The first-order chi connectivity index (χ1) is 15.3. The van der Waals surface area contributed by atoms with Gasteiger partial charge < -0.3 is 10.3 Å². The maximum absolute atomic E-state index is 13.9. The Balaban J connectivity index is 1.78. The molecule has 8 heteroatoms. The molecule has 3 rings (SSSR count). The number of benzene rings is 1. The Labute approximate surface area is 184 Å². The van der Waals surface area contributed by atoms with E-state index in [0.717, 1.165) is 5.56 Å². The minimum absolute atomic E-state index is 0.317. The molecule has 2 aromatic heterocycles. The molecule has 0 aliphatic heterocycles. The topological polar surface area (TPSA) is 53.1 Å². The first kappa shape index (κ1) is 22.6. The lowest BCUT2D eigenvalue weighted by Crippen LogP contribution is -2.31. The summed E-state index contributed by atoms with van der Waals surface area (Å²) in [5, 5.41) is 0. The van der Waals surface area contributed by atoms with Crippen molar-refractivity contribution in [2.75, 3.05) is 4.90 Å². The van der Waals surface area contributed by atoms with Crippen LogP contribution in [0.3, 0.4) is 0 Å². The van der Waals surface area contributed by atoms with Crippen LogP contribution < -0.4 is 15.8 Å². The number of rotatable bonds is 10. The van der Waals surface area contributed by atoms with Crippen molar-refractivity contribution < 1.29 is 13.2 Å². The van der Waals surface area contributed by atoms with E-state index in [1.807, 2.05) is 11.0 Å². The third kappa shape index (κ3) is 5.75. The molecule has 0 unspecified atom stereocenters. The van der Waals surface area contributed by atoms with E-state index in [-0.39, 0.29) is 5.82 Å². The second-order valence-electron chi connectivity index (χ2n) is 6.85. The molecule has 0 bridgehead atoms. The molecule has 0 amide bonds. The molecule has 164 valence electrons. The summed E-state index contributed by atoms with van der Waals surface area (Å²) < 4.78 is 38.9. The summed E-state index contributed by atoms with van der Waals surface area (Å²) in [4.78, 5) is 10.4. The molecule has 2 heterocycles. The van der Waals surface area contributed by atoms with Gasteiger partial charge in [0.05, 0.1) is 23.6 Å². The second-order valence-corrected chi connectivity index (χ2v) is 6.85. The summed E-state index contributed by atoms with van der Waals surface area (Å²) in [5.74, 6) is -0.366. The lowest BCUT2D eigenvalue weighted by atomic mass is 10.1. The van der Waals surface area contributed by atoms with Gasteiger partial charge in [-0.25, -0.2) is 13.2 Å². The number of alkyl halides is 2. The van der Waals surface area contributed by atoms with Crippen LogP contribution in [0, 0.1) is 5.82 Å². The fourth-order valence-electron chi connectivity index (χ4n) is 2.82. The zero-order valence-corrected chi connectivity index (χ0v) is 17.2. The van der Waals surface area contributed by atoms with Crippen molar-refractivity contribution >= 4 is 17.1 Å². The zero-order valence-electron chi connectivity index (χ0n) is 17.2. The third-order valence-electron chi connectivity index (χ3n) is 4.57. The number of hydrogen-bond donors (Lipinski definition) is 2. The molecule has 1 aromatic carbocycles. The van der Waals surface area contributed by atoms with Crippen molar-refractivity contribution in [3.05, 3.63) is 115 Å². The third-order valence-corrected chi connectivity index (χ3v) is 4.57. The minimum Gasteiger partial charge on any atom is -0.335 e. The summed E-state index contributed by atoms with van der Waals surface area (Å²) >= 11 is 0. The average molecular weight is 437 g/mol. The smallest absolute Gasteiger partial charge is 0.279 e. The van der Waals surface area contributed by atoms with Crippen LogP contribution in [0.4, 0.5) is 18.9 Å². The van der Waals surface area contributed by atoms with Crippen LogP contribution >= 0.6 is 0 Å². The molecular weight excluding hydrogens is 415 g/mol. The summed E-state index contributed by atoms with van der Waals surface area (Å²) in [6.07, 6.45) is 2.21. The molecule has 32 heavy (non-hydrogen) atoms. The molecular formula is C24H22F3N5. The number of aromatic nitrogens is 2. The van der Waals surface area contributed by atoms with Crippen LogP contribution in [0.5, 0.6) is 0 Å². The molecule has 0 saturated heterocycles. The summed E-state index contributed by atoms with van der Waals surface area (Å²) in [6.45, 7) is 11.5. The van der Waals surface area contributed by atoms with Crippen molar-refractivity contribution in [2.24, 2.45) is 0 Å². The minimum atomic E-state index is -2.70. The molecule has 0 aliphatic rings. The Morgan fingerprint density at radius 3 is 2.41 bits per heavy atom. The highest BCUT2D eigenvalue weighted by atomic mass is 19.3. The first-order valence-electron chi connectivity index (χ1n) is 9.60. The van der Waals surface area contributed by atoms with Gasteiger partial charge in [-0.1, -0.05) is 25.8 Å². The van der Waals surface area contributed by atoms with Crippen LogP contribution in [-0.4, -0.2) is 16.4 Å². The quantitative estimate of drug-likeness (QED) is 0.431. The van der Waals surface area contributed by atoms with E-state index in [1.54, 1.807) is 48.9 Å². The fraction of sp³-hybridized carbons (Fsp3) is 0.0833. The van der Waals surface area contributed by atoms with Crippen LogP contribution in [0.25, 0.3) is 11.4 Å². The van der Waals surface area contributed by atoms with Crippen LogP contribution in [0.1, 0.15) is 16.8 Å². The fourth-order valence-corrected chi connectivity index (χ4v) is 2.82. The largest absolute Gasteiger partial charge is 0.335 e. The number of halogens is 3. The van der Waals surface area contributed by atoms with Gasteiger partial charge in [0.25, 0.3) is 6.43 Å².